The third-order valence-electron chi connectivity index (χ3n) is 3.62. The van der Waals surface area contributed by atoms with E-state index >= 15 is 0 Å². The molecule has 0 aliphatic heterocycles. The zero-order valence-corrected chi connectivity index (χ0v) is 13.4. The molecule has 0 spiro atoms. The number of hydrogen-bond donors (Lipinski definition) is 0. The van der Waals surface area contributed by atoms with Crippen LogP contribution in [0.15, 0.2) is 71.4 Å². The molecule has 0 saturated carbocycles. The van der Waals surface area contributed by atoms with E-state index in [1.165, 1.54) is 0 Å². The molecule has 0 bridgehead atoms. The van der Waals surface area contributed by atoms with Crippen LogP contribution >= 0.6 is 11.6 Å². The van der Waals surface area contributed by atoms with Gasteiger partial charge < -0.3 is 4.52 Å². The zero-order valence-electron chi connectivity index (χ0n) is 12.6. The average molecular weight is 337 g/mol. The minimum atomic E-state index is 0.473. The van der Waals surface area contributed by atoms with E-state index in [1.807, 2.05) is 66.9 Å². The monoisotopic (exact) mass is 336 g/mol. The fourth-order valence-corrected chi connectivity index (χ4v) is 2.55. The summed E-state index contributed by atoms with van der Waals surface area (Å²) in [5.41, 5.74) is 3.58. The van der Waals surface area contributed by atoms with Gasteiger partial charge in [0.2, 0.25) is 0 Å². The van der Waals surface area contributed by atoms with Crippen molar-refractivity contribution in [3.63, 3.8) is 0 Å². The Hall–Kier alpha value is -2.92. The molecule has 6 heteroatoms. The molecule has 2 heterocycles. The third kappa shape index (κ3) is 3.07. The summed E-state index contributed by atoms with van der Waals surface area (Å²) in [6, 6.07) is 19.3. The summed E-state index contributed by atoms with van der Waals surface area (Å²) >= 11 is 5.90. The van der Waals surface area contributed by atoms with Crippen LogP contribution in [0.2, 0.25) is 5.02 Å². The Morgan fingerprint density at radius 3 is 2.46 bits per heavy atom. The Morgan fingerprint density at radius 1 is 0.917 bits per heavy atom. The van der Waals surface area contributed by atoms with Crippen LogP contribution in [0, 0.1) is 0 Å². The van der Waals surface area contributed by atoms with Crippen LogP contribution in [0.25, 0.3) is 22.5 Å². The molecule has 4 aromatic rings. The van der Waals surface area contributed by atoms with E-state index < -0.39 is 0 Å². The molecule has 0 atom stereocenters. The summed E-state index contributed by atoms with van der Waals surface area (Å²) in [5, 5.41) is 13.1. The van der Waals surface area contributed by atoms with Crippen molar-refractivity contribution < 1.29 is 4.52 Å². The Balaban J connectivity index is 1.52. The second-order valence-corrected chi connectivity index (χ2v) is 5.79. The molecule has 24 heavy (non-hydrogen) atoms. The first-order chi connectivity index (χ1) is 11.8. The molecule has 2 aromatic heterocycles. The minimum Gasteiger partial charge on any atom is -0.359 e. The van der Waals surface area contributed by atoms with Gasteiger partial charge in [-0.15, -0.1) is 5.10 Å². The molecule has 5 nitrogen and oxygen atoms in total. The molecule has 0 radical (unpaired) electrons. The highest BCUT2D eigenvalue weighted by Gasteiger charge is 2.09. The quantitative estimate of drug-likeness (QED) is 0.557. The summed E-state index contributed by atoms with van der Waals surface area (Å²) < 4.78 is 7.13. The van der Waals surface area contributed by atoms with Crippen LogP contribution in [0.4, 0.5) is 0 Å². The maximum absolute atomic E-state index is 5.90. The fourth-order valence-electron chi connectivity index (χ4n) is 2.42. The van der Waals surface area contributed by atoms with Gasteiger partial charge in [-0.3, -0.25) is 0 Å². The molecule has 0 fully saturated rings. The molecule has 0 amide bonds. The van der Waals surface area contributed by atoms with Crippen LogP contribution in [0.5, 0.6) is 0 Å². The van der Waals surface area contributed by atoms with Gasteiger partial charge in [-0.25, -0.2) is 4.68 Å². The summed E-state index contributed by atoms with van der Waals surface area (Å²) in [5.74, 6) is 0.712. The molecular weight excluding hydrogens is 324 g/mol. The highest BCUT2D eigenvalue weighted by molar-refractivity contribution is 6.30. The number of aromatic nitrogens is 4. The van der Waals surface area contributed by atoms with Crippen molar-refractivity contribution in [1.82, 2.24) is 20.2 Å². The second-order valence-electron chi connectivity index (χ2n) is 5.35. The topological polar surface area (TPSA) is 56.7 Å². The number of hydrogen-bond acceptors (Lipinski definition) is 4. The lowest BCUT2D eigenvalue weighted by Crippen LogP contribution is -1.98. The van der Waals surface area contributed by atoms with Crippen LogP contribution in [0.3, 0.4) is 0 Å². The molecule has 0 aliphatic carbocycles. The Labute approximate surface area is 143 Å². The second kappa shape index (κ2) is 6.29. The first kappa shape index (κ1) is 14.7. The SMILES string of the molecule is Clc1ccc(-c2cc(Cn3cc(-c4ccccc4)nn3)on2)cc1. The van der Waals surface area contributed by atoms with Gasteiger partial charge in [0.1, 0.15) is 17.9 Å². The van der Waals surface area contributed by atoms with E-state index in [0.29, 0.717) is 17.3 Å². The normalized spacial score (nSPS) is 10.9. The number of rotatable bonds is 4. The van der Waals surface area contributed by atoms with Gasteiger partial charge in [0.25, 0.3) is 0 Å². The molecule has 118 valence electrons. The van der Waals surface area contributed by atoms with Crippen molar-refractivity contribution in [3.8, 4) is 22.5 Å². The van der Waals surface area contributed by atoms with E-state index in [1.54, 1.807) is 4.68 Å². The van der Waals surface area contributed by atoms with E-state index in [0.717, 1.165) is 22.5 Å². The highest BCUT2D eigenvalue weighted by Crippen LogP contribution is 2.22. The van der Waals surface area contributed by atoms with E-state index in [4.69, 9.17) is 16.1 Å². The molecule has 0 aliphatic rings. The summed E-state index contributed by atoms with van der Waals surface area (Å²) in [7, 11) is 0. The van der Waals surface area contributed by atoms with E-state index in [9.17, 15) is 0 Å². The van der Waals surface area contributed by atoms with Crippen LogP contribution in [0.1, 0.15) is 5.76 Å². The van der Waals surface area contributed by atoms with Crippen molar-refractivity contribution in [2.75, 3.05) is 0 Å². The lowest BCUT2D eigenvalue weighted by molar-refractivity contribution is 0.372. The Kier molecular flexibility index (Phi) is 3.84. The van der Waals surface area contributed by atoms with Gasteiger partial charge in [0.05, 0.1) is 6.20 Å². The Bertz CT molecular complexity index is 945. The smallest absolute Gasteiger partial charge is 0.158 e. The summed E-state index contributed by atoms with van der Waals surface area (Å²) in [6.07, 6.45) is 1.89. The van der Waals surface area contributed by atoms with Crippen LogP contribution in [-0.4, -0.2) is 20.2 Å². The fraction of sp³-hybridized carbons (Fsp3) is 0.0556. The maximum Gasteiger partial charge on any atom is 0.158 e. The summed E-state index contributed by atoms with van der Waals surface area (Å²) in [4.78, 5) is 0. The van der Waals surface area contributed by atoms with Gasteiger partial charge in [-0.05, 0) is 12.1 Å². The lowest BCUT2D eigenvalue weighted by Gasteiger charge is -1.95. The van der Waals surface area contributed by atoms with Crippen LogP contribution in [-0.2, 0) is 6.54 Å². The molecule has 2 aromatic carbocycles. The van der Waals surface area contributed by atoms with Gasteiger partial charge in [-0.1, -0.05) is 64.4 Å². The minimum absolute atomic E-state index is 0.473. The van der Waals surface area contributed by atoms with E-state index in [-0.39, 0.29) is 0 Å². The molecule has 0 saturated heterocycles. The standard InChI is InChI=1S/C18H13ClN4O/c19-15-8-6-14(7-9-15)17-10-16(24-21-17)11-23-12-18(20-22-23)13-4-2-1-3-5-13/h1-10,12H,11H2. The molecular formula is C18H13ClN4O. The maximum atomic E-state index is 5.90. The van der Waals surface area contributed by atoms with E-state index in [2.05, 4.69) is 15.5 Å². The van der Waals surface area contributed by atoms with Crippen molar-refractivity contribution in [2.45, 2.75) is 6.54 Å². The largest absolute Gasteiger partial charge is 0.359 e. The number of halogens is 1. The highest BCUT2D eigenvalue weighted by atomic mass is 35.5. The third-order valence-corrected chi connectivity index (χ3v) is 3.88. The number of benzene rings is 2. The lowest BCUT2D eigenvalue weighted by atomic mass is 10.1. The number of nitrogens with zero attached hydrogens (tertiary/aromatic N) is 4. The van der Waals surface area contributed by atoms with Gasteiger partial charge >= 0.3 is 0 Å². The zero-order chi connectivity index (χ0) is 16.4. The first-order valence-electron chi connectivity index (χ1n) is 7.45. The van der Waals surface area contributed by atoms with Crippen molar-refractivity contribution >= 4 is 11.6 Å². The summed E-state index contributed by atoms with van der Waals surface area (Å²) in [6.45, 7) is 0.473. The van der Waals surface area contributed by atoms with Gasteiger partial charge in [0.15, 0.2) is 5.76 Å². The first-order valence-corrected chi connectivity index (χ1v) is 7.83. The van der Waals surface area contributed by atoms with Crippen LogP contribution < -0.4 is 0 Å². The van der Waals surface area contributed by atoms with Gasteiger partial charge in [0, 0.05) is 22.2 Å². The molecule has 4 rings (SSSR count). The van der Waals surface area contributed by atoms with Crippen molar-refractivity contribution in [2.24, 2.45) is 0 Å². The Morgan fingerprint density at radius 2 is 1.67 bits per heavy atom. The predicted molar refractivity (Wildman–Crippen MR) is 91.5 cm³/mol. The van der Waals surface area contributed by atoms with Gasteiger partial charge in [-0.2, -0.15) is 0 Å². The van der Waals surface area contributed by atoms with Crippen molar-refractivity contribution in [3.05, 3.63) is 77.6 Å². The average Bonchev–Trinajstić information content (AvgIpc) is 3.27. The predicted octanol–water partition coefficient (Wildman–Crippen LogP) is 4.30. The van der Waals surface area contributed by atoms with Crippen molar-refractivity contribution in [1.29, 1.82) is 0 Å². The molecule has 0 N–H and O–H groups in total. The molecule has 0 unspecified atom stereocenters.